The highest BCUT2D eigenvalue weighted by molar-refractivity contribution is 5.32. The predicted molar refractivity (Wildman–Crippen MR) is 54.4 cm³/mol. The Bertz CT molecular complexity index is 395. The molecule has 1 N–H and O–H groups in total. The Hall–Kier alpha value is -1.61. The standard InChI is InChI=1S/C11H12N2O/c14-9-7-11-6-8-12-13(11)10-4-2-1-3-5-10/h1-6,8,14H,7,9H2. The summed E-state index contributed by atoms with van der Waals surface area (Å²) in [6.45, 7) is 0.151. The summed E-state index contributed by atoms with van der Waals surface area (Å²) in [7, 11) is 0. The zero-order valence-corrected chi connectivity index (χ0v) is 7.80. The number of nitrogens with zero attached hydrogens (tertiary/aromatic N) is 2. The first-order valence-corrected chi connectivity index (χ1v) is 4.61. The Morgan fingerprint density at radius 3 is 2.64 bits per heavy atom. The van der Waals surface area contributed by atoms with Crippen molar-refractivity contribution in [2.24, 2.45) is 0 Å². The second kappa shape index (κ2) is 4.07. The summed E-state index contributed by atoms with van der Waals surface area (Å²) in [5, 5.41) is 13.1. The van der Waals surface area contributed by atoms with Crippen molar-refractivity contribution in [3.05, 3.63) is 48.3 Å². The number of rotatable bonds is 3. The molecular formula is C11H12N2O. The molecule has 3 heteroatoms. The van der Waals surface area contributed by atoms with Crippen LogP contribution in [0.3, 0.4) is 0 Å². The molecule has 2 aromatic rings. The second-order valence-corrected chi connectivity index (χ2v) is 3.04. The first kappa shape index (κ1) is 8.97. The molecule has 0 aliphatic rings. The first-order valence-electron chi connectivity index (χ1n) is 4.61. The summed E-state index contributed by atoms with van der Waals surface area (Å²) in [6, 6.07) is 11.8. The lowest BCUT2D eigenvalue weighted by molar-refractivity contribution is 0.297. The van der Waals surface area contributed by atoms with Gasteiger partial charge in [0.1, 0.15) is 0 Å². The van der Waals surface area contributed by atoms with Crippen LogP contribution in [0, 0.1) is 0 Å². The molecule has 72 valence electrons. The minimum Gasteiger partial charge on any atom is -0.396 e. The van der Waals surface area contributed by atoms with Crippen LogP contribution in [0.15, 0.2) is 42.6 Å². The molecule has 0 fully saturated rings. The highest BCUT2D eigenvalue weighted by atomic mass is 16.3. The highest BCUT2D eigenvalue weighted by Gasteiger charge is 2.02. The number of para-hydroxylation sites is 1. The minimum atomic E-state index is 0.151. The van der Waals surface area contributed by atoms with Crippen molar-refractivity contribution in [1.29, 1.82) is 0 Å². The third-order valence-corrected chi connectivity index (χ3v) is 2.09. The molecular weight excluding hydrogens is 176 g/mol. The van der Waals surface area contributed by atoms with E-state index in [1.165, 1.54) is 0 Å². The van der Waals surface area contributed by atoms with Crippen molar-refractivity contribution < 1.29 is 5.11 Å². The van der Waals surface area contributed by atoms with Crippen LogP contribution in [0.2, 0.25) is 0 Å². The van der Waals surface area contributed by atoms with Crippen LogP contribution < -0.4 is 0 Å². The lowest BCUT2D eigenvalue weighted by atomic mass is 10.3. The van der Waals surface area contributed by atoms with Gasteiger partial charge in [0.2, 0.25) is 0 Å². The molecule has 0 saturated heterocycles. The van der Waals surface area contributed by atoms with Gasteiger partial charge in [-0.1, -0.05) is 18.2 Å². The van der Waals surface area contributed by atoms with Gasteiger partial charge in [-0.3, -0.25) is 0 Å². The van der Waals surface area contributed by atoms with Crippen LogP contribution in [0.4, 0.5) is 0 Å². The molecule has 0 aliphatic carbocycles. The van der Waals surface area contributed by atoms with E-state index in [9.17, 15) is 0 Å². The molecule has 0 saturated carbocycles. The zero-order valence-electron chi connectivity index (χ0n) is 7.80. The predicted octanol–water partition coefficient (Wildman–Crippen LogP) is 1.41. The van der Waals surface area contributed by atoms with E-state index < -0.39 is 0 Å². The minimum absolute atomic E-state index is 0.151. The average Bonchev–Trinajstić information content (AvgIpc) is 2.68. The SMILES string of the molecule is OCCc1ccnn1-c1ccccc1. The molecule has 0 bridgehead atoms. The summed E-state index contributed by atoms with van der Waals surface area (Å²) in [4.78, 5) is 0. The van der Waals surface area contributed by atoms with E-state index in [1.807, 2.05) is 41.1 Å². The summed E-state index contributed by atoms with van der Waals surface area (Å²) in [6.07, 6.45) is 2.38. The molecule has 2 rings (SSSR count). The van der Waals surface area contributed by atoms with Crippen LogP contribution >= 0.6 is 0 Å². The summed E-state index contributed by atoms with van der Waals surface area (Å²) in [5.41, 5.74) is 2.06. The van der Waals surface area contributed by atoms with Crippen molar-refractivity contribution in [2.45, 2.75) is 6.42 Å². The zero-order chi connectivity index (χ0) is 9.80. The lowest BCUT2D eigenvalue weighted by Gasteiger charge is -2.05. The van der Waals surface area contributed by atoms with Crippen LogP contribution in [0.1, 0.15) is 5.69 Å². The maximum atomic E-state index is 8.87. The van der Waals surface area contributed by atoms with Crippen molar-refractivity contribution >= 4 is 0 Å². The van der Waals surface area contributed by atoms with E-state index in [1.54, 1.807) is 6.20 Å². The smallest absolute Gasteiger partial charge is 0.0648 e. The highest BCUT2D eigenvalue weighted by Crippen LogP contribution is 2.09. The molecule has 0 aliphatic heterocycles. The van der Waals surface area contributed by atoms with Gasteiger partial charge in [0, 0.05) is 24.9 Å². The van der Waals surface area contributed by atoms with Gasteiger partial charge in [0.05, 0.1) is 5.69 Å². The molecule has 14 heavy (non-hydrogen) atoms. The fraction of sp³-hybridized carbons (Fsp3) is 0.182. The topological polar surface area (TPSA) is 38.1 Å². The summed E-state index contributed by atoms with van der Waals surface area (Å²) in [5.74, 6) is 0. The fourth-order valence-corrected chi connectivity index (χ4v) is 1.44. The molecule has 1 heterocycles. The maximum Gasteiger partial charge on any atom is 0.0648 e. The number of hydrogen-bond acceptors (Lipinski definition) is 2. The van der Waals surface area contributed by atoms with Crippen molar-refractivity contribution in [2.75, 3.05) is 6.61 Å². The number of aliphatic hydroxyl groups is 1. The average molecular weight is 188 g/mol. The molecule has 0 spiro atoms. The van der Waals surface area contributed by atoms with Gasteiger partial charge in [-0.15, -0.1) is 0 Å². The third kappa shape index (κ3) is 1.67. The number of benzene rings is 1. The maximum absolute atomic E-state index is 8.87. The van der Waals surface area contributed by atoms with Gasteiger partial charge in [0.15, 0.2) is 0 Å². The molecule has 0 atom stereocenters. The quantitative estimate of drug-likeness (QED) is 0.790. The number of hydrogen-bond donors (Lipinski definition) is 1. The van der Waals surface area contributed by atoms with Crippen molar-refractivity contribution in [1.82, 2.24) is 9.78 Å². The van der Waals surface area contributed by atoms with Gasteiger partial charge >= 0.3 is 0 Å². The van der Waals surface area contributed by atoms with Gasteiger partial charge in [-0.2, -0.15) is 5.10 Å². The number of aromatic nitrogens is 2. The van der Waals surface area contributed by atoms with Crippen LogP contribution in [0.5, 0.6) is 0 Å². The Labute approximate surface area is 82.6 Å². The van der Waals surface area contributed by atoms with E-state index in [4.69, 9.17) is 5.11 Å². The normalized spacial score (nSPS) is 10.4. The summed E-state index contributed by atoms with van der Waals surface area (Å²) >= 11 is 0. The van der Waals surface area contributed by atoms with E-state index in [-0.39, 0.29) is 6.61 Å². The monoisotopic (exact) mass is 188 g/mol. The largest absolute Gasteiger partial charge is 0.396 e. The summed E-state index contributed by atoms with van der Waals surface area (Å²) < 4.78 is 1.84. The lowest BCUT2D eigenvalue weighted by Crippen LogP contribution is -2.03. The Morgan fingerprint density at radius 2 is 1.93 bits per heavy atom. The van der Waals surface area contributed by atoms with Gasteiger partial charge < -0.3 is 5.11 Å². The second-order valence-electron chi connectivity index (χ2n) is 3.04. The van der Waals surface area contributed by atoms with Crippen LogP contribution in [-0.2, 0) is 6.42 Å². The van der Waals surface area contributed by atoms with Crippen molar-refractivity contribution in [3.63, 3.8) is 0 Å². The molecule has 1 aromatic heterocycles. The van der Waals surface area contributed by atoms with Crippen LogP contribution in [-0.4, -0.2) is 21.5 Å². The van der Waals surface area contributed by atoms with Gasteiger partial charge in [-0.25, -0.2) is 4.68 Å². The van der Waals surface area contributed by atoms with E-state index in [2.05, 4.69) is 5.10 Å². The molecule has 0 amide bonds. The van der Waals surface area contributed by atoms with Gasteiger partial charge in [-0.05, 0) is 18.2 Å². The Morgan fingerprint density at radius 1 is 1.14 bits per heavy atom. The van der Waals surface area contributed by atoms with Crippen LogP contribution in [0.25, 0.3) is 5.69 Å². The first-order chi connectivity index (χ1) is 6.92. The van der Waals surface area contributed by atoms with E-state index >= 15 is 0 Å². The number of aliphatic hydroxyl groups excluding tert-OH is 1. The van der Waals surface area contributed by atoms with E-state index in [0.29, 0.717) is 6.42 Å². The molecule has 0 unspecified atom stereocenters. The molecule has 1 aromatic carbocycles. The van der Waals surface area contributed by atoms with E-state index in [0.717, 1.165) is 11.4 Å². The third-order valence-electron chi connectivity index (χ3n) is 2.09. The van der Waals surface area contributed by atoms with Gasteiger partial charge in [0.25, 0.3) is 0 Å². The van der Waals surface area contributed by atoms with Crippen molar-refractivity contribution in [3.8, 4) is 5.69 Å². The molecule has 0 radical (unpaired) electrons. The fourth-order valence-electron chi connectivity index (χ4n) is 1.44. The Balaban J connectivity index is 2.37. The Kier molecular flexibility index (Phi) is 2.60. The molecule has 3 nitrogen and oxygen atoms in total.